The molecule has 190 valence electrons. The molecule has 0 amide bonds. The van der Waals surface area contributed by atoms with Gasteiger partial charge in [-0.1, -0.05) is 23.7 Å². The second-order valence-corrected chi connectivity index (χ2v) is 9.67. The van der Waals surface area contributed by atoms with E-state index in [9.17, 15) is 0 Å². The van der Waals surface area contributed by atoms with Crippen LogP contribution in [0.25, 0.3) is 22.6 Å². The minimum atomic E-state index is -0.538. The molecule has 1 aliphatic carbocycles. The van der Waals surface area contributed by atoms with E-state index < -0.39 is 6.29 Å². The Morgan fingerprint density at radius 3 is 2.25 bits per heavy atom. The van der Waals surface area contributed by atoms with Gasteiger partial charge in [-0.3, -0.25) is 0 Å². The molecule has 5 rings (SSSR count). The minimum absolute atomic E-state index is 0.0169. The Morgan fingerprint density at radius 2 is 1.53 bits per heavy atom. The molecule has 1 fully saturated rings. The fourth-order valence-electron chi connectivity index (χ4n) is 5.20. The van der Waals surface area contributed by atoms with Crippen LogP contribution >= 0.6 is 11.6 Å². The molecule has 0 bridgehead atoms. The maximum atomic E-state index is 6.45. The highest BCUT2D eigenvalue weighted by Crippen LogP contribution is 2.33. The SMILES string of the molecule is CO[C@@H]1[C@@H](OC)[C@@H](OC)C(OC2Cc3ccc(-c4ccnc(-c5ccc(Cl)cc5)n4)cc3C2)O[C@H]1C. The zero-order valence-corrected chi connectivity index (χ0v) is 21.6. The first-order valence-corrected chi connectivity index (χ1v) is 12.5. The Hall–Kier alpha value is -2.39. The van der Waals surface area contributed by atoms with E-state index in [1.165, 1.54) is 11.1 Å². The van der Waals surface area contributed by atoms with Crippen LogP contribution in [0.1, 0.15) is 18.1 Å². The molecule has 6 atom stereocenters. The zero-order chi connectivity index (χ0) is 25.2. The van der Waals surface area contributed by atoms with Gasteiger partial charge >= 0.3 is 0 Å². The summed E-state index contributed by atoms with van der Waals surface area (Å²) in [5, 5.41) is 0.687. The second-order valence-electron chi connectivity index (χ2n) is 9.23. The van der Waals surface area contributed by atoms with Gasteiger partial charge in [0, 0.05) is 43.7 Å². The number of hydrogen-bond donors (Lipinski definition) is 0. The molecule has 1 aromatic heterocycles. The van der Waals surface area contributed by atoms with Crippen molar-refractivity contribution < 1.29 is 23.7 Å². The van der Waals surface area contributed by atoms with Crippen molar-refractivity contribution in [2.75, 3.05) is 21.3 Å². The molecule has 1 saturated heterocycles. The van der Waals surface area contributed by atoms with Gasteiger partial charge in [-0.25, -0.2) is 9.97 Å². The smallest absolute Gasteiger partial charge is 0.187 e. The largest absolute Gasteiger partial charge is 0.376 e. The van der Waals surface area contributed by atoms with E-state index in [0.717, 1.165) is 29.7 Å². The molecule has 2 aromatic carbocycles. The highest BCUT2D eigenvalue weighted by Gasteiger charge is 2.47. The third-order valence-corrected chi connectivity index (χ3v) is 7.28. The third kappa shape index (κ3) is 5.05. The number of ether oxygens (including phenoxy) is 5. The summed E-state index contributed by atoms with van der Waals surface area (Å²) in [5.41, 5.74) is 5.37. The number of hydrogen-bond acceptors (Lipinski definition) is 7. The number of methoxy groups -OCH3 is 3. The van der Waals surface area contributed by atoms with Crippen LogP contribution in [0, 0.1) is 0 Å². The number of nitrogens with zero attached hydrogens (tertiary/aromatic N) is 2. The number of rotatable bonds is 7. The van der Waals surface area contributed by atoms with E-state index in [1.807, 2.05) is 37.3 Å². The van der Waals surface area contributed by atoms with Crippen molar-refractivity contribution in [1.82, 2.24) is 9.97 Å². The van der Waals surface area contributed by atoms with E-state index >= 15 is 0 Å². The van der Waals surface area contributed by atoms with E-state index in [2.05, 4.69) is 23.2 Å². The molecule has 2 heterocycles. The van der Waals surface area contributed by atoms with Crippen molar-refractivity contribution in [2.45, 2.75) is 56.6 Å². The fraction of sp³-hybridized carbons (Fsp3) is 0.429. The molecule has 3 aromatic rings. The highest BCUT2D eigenvalue weighted by atomic mass is 35.5. The van der Waals surface area contributed by atoms with Crippen molar-refractivity contribution in [3.63, 3.8) is 0 Å². The summed E-state index contributed by atoms with van der Waals surface area (Å²) >= 11 is 6.03. The van der Waals surface area contributed by atoms with Gasteiger partial charge in [-0.15, -0.1) is 0 Å². The first kappa shape index (κ1) is 25.3. The standard InChI is InChI=1S/C28H31ClN2O5/c1-16-24(32-2)25(33-3)26(34-4)28(35-16)36-22-14-18-5-6-19(13-20(18)15-22)23-11-12-30-27(31-23)17-7-9-21(29)10-8-17/h5-13,16,22,24-26,28H,14-15H2,1-4H3/t16-,22?,24-,25+,26+,28?/m0/s1. The Labute approximate surface area is 216 Å². The van der Waals surface area contributed by atoms with Crippen molar-refractivity contribution >= 4 is 11.6 Å². The van der Waals surface area contributed by atoms with Crippen LogP contribution in [0.3, 0.4) is 0 Å². The van der Waals surface area contributed by atoms with Crippen LogP contribution in [0.2, 0.25) is 5.02 Å². The Balaban J connectivity index is 1.31. The van der Waals surface area contributed by atoms with Crippen molar-refractivity contribution in [3.05, 3.63) is 70.9 Å². The molecule has 36 heavy (non-hydrogen) atoms. The summed E-state index contributed by atoms with van der Waals surface area (Å²) < 4.78 is 29.7. The van der Waals surface area contributed by atoms with E-state index in [4.69, 9.17) is 40.3 Å². The van der Waals surface area contributed by atoms with Gasteiger partial charge in [0.1, 0.15) is 18.3 Å². The molecule has 0 spiro atoms. The number of fused-ring (bicyclic) bond motifs is 1. The first-order valence-electron chi connectivity index (χ1n) is 12.1. The average Bonchev–Trinajstić information content (AvgIpc) is 3.30. The van der Waals surface area contributed by atoms with Crippen LogP contribution in [-0.2, 0) is 36.5 Å². The fourth-order valence-corrected chi connectivity index (χ4v) is 5.33. The monoisotopic (exact) mass is 510 g/mol. The quantitative estimate of drug-likeness (QED) is 0.454. The van der Waals surface area contributed by atoms with Gasteiger partial charge in [0.2, 0.25) is 0 Å². The molecule has 1 aliphatic heterocycles. The van der Waals surface area contributed by atoms with Crippen LogP contribution in [0.4, 0.5) is 0 Å². The predicted molar refractivity (Wildman–Crippen MR) is 137 cm³/mol. The zero-order valence-electron chi connectivity index (χ0n) is 20.9. The number of halogens is 1. The Kier molecular flexibility index (Phi) is 7.67. The summed E-state index contributed by atoms with van der Waals surface area (Å²) in [6.45, 7) is 1.97. The van der Waals surface area contributed by atoms with Crippen LogP contribution in [0.5, 0.6) is 0 Å². The van der Waals surface area contributed by atoms with Gasteiger partial charge in [-0.2, -0.15) is 0 Å². The van der Waals surface area contributed by atoms with Gasteiger partial charge in [0.15, 0.2) is 12.1 Å². The second kappa shape index (κ2) is 10.9. The van der Waals surface area contributed by atoms with Crippen LogP contribution in [-0.4, -0.2) is 68.1 Å². The molecular weight excluding hydrogens is 480 g/mol. The molecule has 7 nitrogen and oxygen atoms in total. The Bertz CT molecular complexity index is 1190. The molecule has 8 heteroatoms. The lowest BCUT2D eigenvalue weighted by Gasteiger charge is -2.44. The van der Waals surface area contributed by atoms with Crippen molar-refractivity contribution in [2.24, 2.45) is 0 Å². The summed E-state index contributed by atoms with van der Waals surface area (Å²) in [7, 11) is 4.97. The lowest BCUT2D eigenvalue weighted by atomic mass is 9.99. The number of aromatic nitrogens is 2. The molecule has 2 aliphatic rings. The maximum absolute atomic E-state index is 6.45. The molecule has 0 N–H and O–H groups in total. The maximum Gasteiger partial charge on any atom is 0.187 e. The number of benzene rings is 2. The summed E-state index contributed by atoms with van der Waals surface area (Å²) in [5.74, 6) is 0.669. The van der Waals surface area contributed by atoms with Gasteiger partial charge < -0.3 is 23.7 Å². The lowest BCUT2D eigenvalue weighted by Crippen LogP contribution is -2.59. The summed E-state index contributed by atoms with van der Waals surface area (Å²) in [6, 6.07) is 15.9. The van der Waals surface area contributed by atoms with Gasteiger partial charge in [-0.05, 0) is 67.3 Å². The average molecular weight is 511 g/mol. The Morgan fingerprint density at radius 1 is 0.833 bits per heavy atom. The molecule has 2 unspecified atom stereocenters. The molecular formula is C28H31ClN2O5. The predicted octanol–water partition coefficient (Wildman–Crippen LogP) is 4.74. The summed E-state index contributed by atoms with van der Waals surface area (Å²) in [6.07, 6.45) is 1.75. The normalized spacial score (nSPS) is 27.7. The van der Waals surface area contributed by atoms with E-state index in [0.29, 0.717) is 10.8 Å². The van der Waals surface area contributed by atoms with Crippen LogP contribution in [0.15, 0.2) is 54.7 Å². The van der Waals surface area contributed by atoms with E-state index in [1.54, 1.807) is 27.5 Å². The van der Waals surface area contributed by atoms with Gasteiger partial charge in [0.05, 0.1) is 17.9 Å². The van der Waals surface area contributed by atoms with Crippen LogP contribution < -0.4 is 0 Å². The third-order valence-electron chi connectivity index (χ3n) is 7.03. The van der Waals surface area contributed by atoms with E-state index in [-0.39, 0.29) is 30.5 Å². The van der Waals surface area contributed by atoms with Gasteiger partial charge in [0.25, 0.3) is 0 Å². The highest BCUT2D eigenvalue weighted by molar-refractivity contribution is 6.30. The van der Waals surface area contributed by atoms with Crippen molar-refractivity contribution in [1.29, 1.82) is 0 Å². The minimum Gasteiger partial charge on any atom is -0.376 e. The lowest BCUT2D eigenvalue weighted by molar-refractivity contribution is -0.314. The topological polar surface area (TPSA) is 71.9 Å². The molecule has 0 saturated carbocycles. The molecule has 0 radical (unpaired) electrons. The first-order chi connectivity index (χ1) is 17.5. The van der Waals surface area contributed by atoms with Crippen molar-refractivity contribution in [3.8, 4) is 22.6 Å². The summed E-state index contributed by atoms with van der Waals surface area (Å²) in [4.78, 5) is 9.24.